The lowest BCUT2D eigenvalue weighted by atomic mass is 10.3. The molecular formula is C6H14N4O2S. The van der Waals surface area contributed by atoms with Gasteiger partial charge < -0.3 is 10.8 Å². The Morgan fingerprint density at radius 1 is 1.85 bits per heavy atom. The molecule has 5 N–H and O–H groups in total. The lowest BCUT2D eigenvalue weighted by Gasteiger charge is -2.26. The summed E-state index contributed by atoms with van der Waals surface area (Å²) in [5.41, 5.74) is 7.50. The van der Waals surface area contributed by atoms with E-state index in [4.69, 9.17) is 16.2 Å². The third-order valence-electron chi connectivity index (χ3n) is 1.44. The molecule has 0 rings (SSSR count). The van der Waals surface area contributed by atoms with Gasteiger partial charge in [0, 0.05) is 12.3 Å². The highest BCUT2D eigenvalue weighted by atomic mass is 32.1. The molecule has 13 heavy (non-hydrogen) atoms. The van der Waals surface area contributed by atoms with Crippen LogP contribution in [0, 0.1) is 5.41 Å². The Bertz CT molecular complexity index is 199. The van der Waals surface area contributed by atoms with Crippen molar-refractivity contribution in [2.24, 2.45) is 5.73 Å². The number of aliphatic carboxylic acids is 1. The topological polar surface area (TPSA) is 102 Å². The first kappa shape index (κ1) is 12.0. The lowest BCUT2D eigenvalue weighted by molar-refractivity contribution is -0.143. The highest BCUT2D eigenvalue weighted by Gasteiger charge is 2.22. The van der Waals surface area contributed by atoms with Gasteiger partial charge in [-0.1, -0.05) is 6.92 Å². The summed E-state index contributed by atoms with van der Waals surface area (Å²) < 4.78 is 0. The number of carboxylic acid groups (broad SMARTS) is 1. The summed E-state index contributed by atoms with van der Waals surface area (Å²) in [5.74, 6) is -1.12. The van der Waals surface area contributed by atoms with Crippen molar-refractivity contribution in [3.05, 3.63) is 0 Å². The summed E-state index contributed by atoms with van der Waals surface area (Å²) in [5, 5.41) is 17.0. The average molecular weight is 206 g/mol. The number of carboxylic acids is 1. The van der Waals surface area contributed by atoms with Crippen LogP contribution in [0.4, 0.5) is 0 Å². The fourth-order valence-electron chi connectivity index (χ4n) is 0.842. The predicted octanol–water partition coefficient (Wildman–Crippen LogP) is -0.911. The van der Waals surface area contributed by atoms with Crippen LogP contribution < -0.4 is 11.2 Å². The van der Waals surface area contributed by atoms with Gasteiger partial charge in [-0.25, -0.2) is 5.01 Å². The fraction of sp³-hybridized carbons (Fsp3) is 0.667. The van der Waals surface area contributed by atoms with Crippen molar-refractivity contribution in [1.29, 1.82) is 5.41 Å². The molecule has 0 fully saturated rings. The van der Waals surface area contributed by atoms with E-state index in [1.165, 1.54) is 5.01 Å². The molecule has 6 nitrogen and oxygen atoms in total. The van der Waals surface area contributed by atoms with E-state index in [1.807, 2.05) is 0 Å². The number of nitrogens with zero attached hydrogens (tertiary/aromatic N) is 1. The van der Waals surface area contributed by atoms with Gasteiger partial charge in [0.05, 0.1) is 0 Å². The standard InChI is InChI=1S/C6H14N4O2S/c1-2-10(9-6(7)8)4(3-13)5(11)12/h4,13H,2-3H2,1H3,(H,11,12)(H4,7,8,9). The summed E-state index contributed by atoms with van der Waals surface area (Å²) >= 11 is 3.90. The zero-order valence-corrected chi connectivity index (χ0v) is 8.21. The summed E-state index contributed by atoms with van der Waals surface area (Å²) in [4.78, 5) is 10.7. The van der Waals surface area contributed by atoms with Gasteiger partial charge in [0.15, 0.2) is 0 Å². The zero-order valence-electron chi connectivity index (χ0n) is 7.32. The maximum absolute atomic E-state index is 10.7. The molecule has 0 heterocycles. The fourth-order valence-corrected chi connectivity index (χ4v) is 1.20. The largest absolute Gasteiger partial charge is 0.480 e. The molecule has 0 saturated carbocycles. The van der Waals surface area contributed by atoms with Crippen LogP contribution in [0.2, 0.25) is 0 Å². The molecule has 76 valence electrons. The second-order valence-electron chi connectivity index (χ2n) is 2.35. The number of hydrogen-bond donors (Lipinski definition) is 5. The second kappa shape index (κ2) is 5.65. The van der Waals surface area contributed by atoms with E-state index in [9.17, 15) is 4.79 Å². The number of guanidine groups is 1. The highest BCUT2D eigenvalue weighted by molar-refractivity contribution is 7.80. The van der Waals surface area contributed by atoms with Crippen LogP contribution in [0.1, 0.15) is 6.92 Å². The molecule has 0 aromatic heterocycles. The van der Waals surface area contributed by atoms with Gasteiger partial charge in [0.25, 0.3) is 0 Å². The van der Waals surface area contributed by atoms with E-state index < -0.39 is 12.0 Å². The minimum Gasteiger partial charge on any atom is -0.480 e. The van der Waals surface area contributed by atoms with Crippen LogP contribution in [0.5, 0.6) is 0 Å². The van der Waals surface area contributed by atoms with Gasteiger partial charge in [0.1, 0.15) is 6.04 Å². The van der Waals surface area contributed by atoms with Crippen molar-refractivity contribution in [2.45, 2.75) is 13.0 Å². The normalized spacial score (nSPS) is 12.5. The summed E-state index contributed by atoms with van der Waals surface area (Å²) in [6.07, 6.45) is 0. The average Bonchev–Trinajstić information content (AvgIpc) is 2.02. The second-order valence-corrected chi connectivity index (χ2v) is 2.71. The molecular weight excluding hydrogens is 192 g/mol. The molecule has 1 unspecified atom stereocenters. The maximum Gasteiger partial charge on any atom is 0.323 e. The Kier molecular flexibility index (Phi) is 5.24. The van der Waals surface area contributed by atoms with Crippen molar-refractivity contribution in [3.63, 3.8) is 0 Å². The van der Waals surface area contributed by atoms with Crippen LogP contribution in [0.15, 0.2) is 0 Å². The number of thiol groups is 1. The SMILES string of the molecule is CCN(NC(=N)N)C(CS)C(=O)O. The molecule has 0 saturated heterocycles. The Balaban J connectivity index is 4.33. The van der Waals surface area contributed by atoms with Crippen molar-refractivity contribution >= 4 is 24.6 Å². The zero-order chi connectivity index (χ0) is 10.4. The number of likely N-dealkylation sites (N-methyl/N-ethyl adjacent to an activating group) is 1. The van der Waals surface area contributed by atoms with E-state index in [-0.39, 0.29) is 11.7 Å². The van der Waals surface area contributed by atoms with Crippen molar-refractivity contribution in [1.82, 2.24) is 10.4 Å². The van der Waals surface area contributed by atoms with Gasteiger partial charge in [-0.3, -0.25) is 15.6 Å². The molecule has 0 aliphatic rings. The molecule has 7 heteroatoms. The molecule has 0 aliphatic carbocycles. The Morgan fingerprint density at radius 2 is 2.38 bits per heavy atom. The Hall–Kier alpha value is -0.950. The first-order valence-corrected chi connectivity index (χ1v) is 4.37. The van der Waals surface area contributed by atoms with Crippen LogP contribution >= 0.6 is 12.6 Å². The van der Waals surface area contributed by atoms with Crippen LogP contribution in [-0.2, 0) is 4.79 Å². The Labute approximate surface area is 82.0 Å². The lowest BCUT2D eigenvalue weighted by Crippen LogP contribution is -2.54. The monoisotopic (exact) mass is 206 g/mol. The van der Waals surface area contributed by atoms with E-state index >= 15 is 0 Å². The first-order valence-electron chi connectivity index (χ1n) is 3.73. The smallest absolute Gasteiger partial charge is 0.323 e. The summed E-state index contributed by atoms with van der Waals surface area (Å²) in [6.45, 7) is 2.19. The molecule has 0 bridgehead atoms. The highest BCUT2D eigenvalue weighted by Crippen LogP contribution is 1.98. The first-order chi connectivity index (χ1) is 6.02. The number of nitrogens with one attached hydrogen (secondary N) is 2. The molecule has 0 radical (unpaired) electrons. The van der Waals surface area contributed by atoms with E-state index in [0.29, 0.717) is 6.54 Å². The van der Waals surface area contributed by atoms with Crippen molar-refractivity contribution in [3.8, 4) is 0 Å². The van der Waals surface area contributed by atoms with Gasteiger partial charge in [-0.15, -0.1) is 0 Å². The quantitative estimate of drug-likeness (QED) is 0.173. The van der Waals surface area contributed by atoms with Crippen LogP contribution in [-0.4, -0.2) is 40.4 Å². The van der Waals surface area contributed by atoms with E-state index in [2.05, 4.69) is 18.1 Å². The molecule has 1 atom stereocenters. The number of hydrogen-bond acceptors (Lipinski definition) is 4. The number of carbonyl (C=O) groups is 1. The van der Waals surface area contributed by atoms with E-state index in [0.717, 1.165) is 0 Å². The van der Waals surface area contributed by atoms with Crippen molar-refractivity contribution in [2.75, 3.05) is 12.3 Å². The summed E-state index contributed by atoms with van der Waals surface area (Å²) in [6, 6.07) is -0.780. The third kappa shape index (κ3) is 4.00. The number of nitrogens with two attached hydrogens (primary N) is 1. The molecule has 0 aliphatic heterocycles. The number of hydrazine groups is 1. The minimum absolute atomic E-state index is 0.156. The van der Waals surface area contributed by atoms with Gasteiger partial charge in [-0.05, 0) is 0 Å². The third-order valence-corrected chi connectivity index (χ3v) is 1.78. The Morgan fingerprint density at radius 3 is 2.62 bits per heavy atom. The summed E-state index contributed by atoms with van der Waals surface area (Å²) in [7, 11) is 0. The van der Waals surface area contributed by atoms with Crippen LogP contribution in [0.3, 0.4) is 0 Å². The maximum atomic E-state index is 10.7. The van der Waals surface area contributed by atoms with Gasteiger partial charge in [-0.2, -0.15) is 12.6 Å². The predicted molar refractivity (Wildman–Crippen MR) is 52.7 cm³/mol. The van der Waals surface area contributed by atoms with E-state index in [1.54, 1.807) is 6.92 Å². The molecule has 0 aromatic carbocycles. The van der Waals surface area contributed by atoms with Crippen molar-refractivity contribution < 1.29 is 9.90 Å². The minimum atomic E-state index is -0.995. The number of rotatable bonds is 5. The molecule has 0 spiro atoms. The van der Waals surface area contributed by atoms with Gasteiger partial charge in [0.2, 0.25) is 5.96 Å². The molecule has 0 aromatic rings. The van der Waals surface area contributed by atoms with Crippen LogP contribution in [0.25, 0.3) is 0 Å². The van der Waals surface area contributed by atoms with Gasteiger partial charge >= 0.3 is 5.97 Å². The molecule has 0 amide bonds.